The molecule has 0 aromatic heterocycles. The molecule has 4 heteroatoms. The second-order valence-electron chi connectivity index (χ2n) is 6.80. The predicted molar refractivity (Wildman–Crippen MR) is 91.5 cm³/mol. The monoisotopic (exact) mass is 316 g/mol. The fourth-order valence-electron chi connectivity index (χ4n) is 3.46. The lowest BCUT2D eigenvalue weighted by atomic mass is 10.1. The first-order valence-electron chi connectivity index (χ1n) is 8.92. The Morgan fingerprint density at radius 1 is 1.26 bits per heavy atom. The quantitative estimate of drug-likeness (QED) is 0.875. The van der Waals surface area contributed by atoms with E-state index in [0.717, 1.165) is 58.3 Å². The molecule has 3 rings (SSSR count). The fourth-order valence-corrected chi connectivity index (χ4v) is 3.46. The van der Waals surface area contributed by atoms with Gasteiger partial charge in [0, 0.05) is 19.7 Å². The van der Waals surface area contributed by atoms with Gasteiger partial charge in [-0.05, 0) is 51.1 Å². The normalized spacial score (nSPS) is 24.0. The second kappa shape index (κ2) is 7.93. The van der Waals surface area contributed by atoms with E-state index in [1.54, 1.807) is 0 Å². The first-order chi connectivity index (χ1) is 11.2. The molecule has 4 nitrogen and oxygen atoms in total. The first-order valence-corrected chi connectivity index (χ1v) is 8.92. The Morgan fingerprint density at radius 2 is 2.09 bits per heavy atom. The zero-order valence-corrected chi connectivity index (χ0v) is 14.1. The highest BCUT2D eigenvalue weighted by Gasteiger charge is 2.29. The van der Waals surface area contributed by atoms with Crippen molar-refractivity contribution in [1.29, 1.82) is 0 Å². The van der Waals surface area contributed by atoms with E-state index in [0.29, 0.717) is 0 Å². The number of hydrogen-bond acceptors (Lipinski definition) is 3. The maximum absolute atomic E-state index is 12.8. The van der Waals surface area contributed by atoms with Crippen LogP contribution in [-0.4, -0.2) is 49.2 Å². The van der Waals surface area contributed by atoms with Crippen LogP contribution in [0.5, 0.6) is 0 Å². The molecule has 2 heterocycles. The van der Waals surface area contributed by atoms with Crippen LogP contribution in [0.3, 0.4) is 0 Å². The lowest BCUT2D eigenvalue weighted by Crippen LogP contribution is -2.47. The van der Waals surface area contributed by atoms with Crippen LogP contribution < -0.4 is 5.32 Å². The van der Waals surface area contributed by atoms with Crippen molar-refractivity contribution in [2.45, 2.75) is 51.2 Å². The maximum Gasteiger partial charge on any atom is 0.239 e. The summed E-state index contributed by atoms with van der Waals surface area (Å²) in [6, 6.07) is 8.62. The van der Waals surface area contributed by atoms with Crippen molar-refractivity contribution in [3.8, 4) is 0 Å². The van der Waals surface area contributed by atoms with Gasteiger partial charge in [0.2, 0.25) is 5.91 Å². The van der Waals surface area contributed by atoms with Crippen molar-refractivity contribution in [3.63, 3.8) is 0 Å². The van der Waals surface area contributed by atoms with Crippen LogP contribution in [0.25, 0.3) is 0 Å². The highest BCUT2D eigenvalue weighted by Crippen LogP contribution is 2.16. The first kappa shape index (κ1) is 16.5. The number of benzene rings is 1. The van der Waals surface area contributed by atoms with Gasteiger partial charge in [0.05, 0.1) is 12.1 Å². The van der Waals surface area contributed by atoms with Gasteiger partial charge >= 0.3 is 0 Å². The molecule has 2 saturated heterocycles. The van der Waals surface area contributed by atoms with Gasteiger partial charge in [-0.15, -0.1) is 0 Å². The van der Waals surface area contributed by atoms with Crippen molar-refractivity contribution in [2.24, 2.45) is 0 Å². The zero-order chi connectivity index (χ0) is 16.1. The number of nitrogens with zero attached hydrogens (tertiary/aromatic N) is 1. The van der Waals surface area contributed by atoms with Gasteiger partial charge in [-0.25, -0.2) is 0 Å². The summed E-state index contributed by atoms with van der Waals surface area (Å²) in [5.41, 5.74) is 2.57. The van der Waals surface area contributed by atoms with Gasteiger partial charge < -0.3 is 15.0 Å². The maximum atomic E-state index is 12.8. The lowest BCUT2D eigenvalue weighted by Gasteiger charge is -2.28. The molecule has 0 radical (unpaired) electrons. The summed E-state index contributed by atoms with van der Waals surface area (Å²) >= 11 is 0. The third kappa shape index (κ3) is 4.55. The number of ether oxygens (including phenoxy) is 1. The third-order valence-electron chi connectivity index (χ3n) is 4.91. The van der Waals surface area contributed by atoms with Gasteiger partial charge in [0.1, 0.15) is 0 Å². The number of rotatable bonds is 6. The summed E-state index contributed by atoms with van der Waals surface area (Å²) < 4.78 is 5.75. The van der Waals surface area contributed by atoms with Crippen LogP contribution in [-0.2, 0) is 16.0 Å². The molecule has 2 aliphatic rings. The number of amides is 1. The summed E-state index contributed by atoms with van der Waals surface area (Å²) in [6.07, 6.45) is 5.39. The molecule has 0 aliphatic carbocycles. The summed E-state index contributed by atoms with van der Waals surface area (Å²) in [7, 11) is 0. The van der Waals surface area contributed by atoms with E-state index >= 15 is 0 Å². The minimum absolute atomic E-state index is 0.00872. The molecule has 2 unspecified atom stereocenters. The van der Waals surface area contributed by atoms with Gasteiger partial charge in [-0.3, -0.25) is 4.79 Å². The van der Waals surface area contributed by atoms with Crippen LogP contribution in [0.1, 0.15) is 36.8 Å². The Morgan fingerprint density at radius 3 is 2.74 bits per heavy atom. The lowest BCUT2D eigenvalue weighted by molar-refractivity contribution is -0.134. The largest absolute Gasteiger partial charge is 0.376 e. The molecular formula is C19H28N2O2. The Hall–Kier alpha value is -1.39. The molecule has 23 heavy (non-hydrogen) atoms. The van der Waals surface area contributed by atoms with Crippen LogP contribution in [0.15, 0.2) is 24.3 Å². The molecule has 0 bridgehead atoms. The molecule has 1 amide bonds. The number of aryl methyl sites for hydroxylation is 1. The van der Waals surface area contributed by atoms with Crippen molar-refractivity contribution in [2.75, 3.05) is 26.2 Å². The van der Waals surface area contributed by atoms with Gasteiger partial charge in [-0.1, -0.05) is 29.8 Å². The minimum atomic E-state index is 0.00872. The van der Waals surface area contributed by atoms with Gasteiger partial charge in [-0.2, -0.15) is 0 Å². The molecule has 0 spiro atoms. The number of hydrogen-bond donors (Lipinski definition) is 1. The third-order valence-corrected chi connectivity index (χ3v) is 4.91. The standard InChI is InChI=1S/C19H28N2O2/c1-15-6-8-16(9-7-15)10-12-21(14-17-4-3-13-23-17)19(22)18-5-2-11-20-18/h6-9,17-18,20H,2-5,10-14H2,1H3. The molecule has 0 saturated carbocycles. The minimum Gasteiger partial charge on any atom is -0.376 e. The molecule has 126 valence electrons. The van der Waals surface area contributed by atoms with Crippen LogP contribution >= 0.6 is 0 Å². The SMILES string of the molecule is Cc1ccc(CCN(CC2CCCO2)C(=O)C2CCCN2)cc1. The average Bonchev–Trinajstić information content (AvgIpc) is 3.26. The topological polar surface area (TPSA) is 41.6 Å². The van der Waals surface area contributed by atoms with E-state index in [9.17, 15) is 4.79 Å². The van der Waals surface area contributed by atoms with Crippen molar-refractivity contribution >= 4 is 5.91 Å². The molecule has 1 N–H and O–H groups in total. The van der Waals surface area contributed by atoms with Crippen molar-refractivity contribution in [3.05, 3.63) is 35.4 Å². The van der Waals surface area contributed by atoms with Crippen LogP contribution in [0.4, 0.5) is 0 Å². The summed E-state index contributed by atoms with van der Waals surface area (Å²) in [6.45, 7) is 5.42. The van der Waals surface area contributed by atoms with E-state index in [2.05, 4.69) is 36.5 Å². The zero-order valence-electron chi connectivity index (χ0n) is 14.1. The summed E-state index contributed by atoms with van der Waals surface area (Å²) in [5.74, 6) is 0.255. The van der Waals surface area contributed by atoms with E-state index in [4.69, 9.17) is 4.74 Å². The highest BCUT2D eigenvalue weighted by molar-refractivity contribution is 5.82. The Bertz CT molecular complexity index is 503. The highest BCUT2D eigenvalue weighted by atomic mass is 16.5. The van der Waals surface area contributed by atoms with Gasteiger partial charge in [0.25, 0.3) is 0 Å². The van der Waals surface area contributed by atoms with Crippen molar-refractivity contribution in [1.82, 2.24) is 10.2 Å². The van der Waals surface area contributed by atoms with Crippen LogP contribution in [0.2, 0.25) is 0 Å². The van der Waals surface area contributed by atoms with E-state index in [1.165, 1.54) is 11.1 Å². The number of carbonyl (C=O) groups excluding carboxylic acids is 1. The molecule has 1 aromatic rings. The van der Waals surface area contributed by atoms with Crippen molar-refractivity contribution < 1.29 is 9.53 Å². The van der Waals surface area contributed by atoms with E-state index in [-0.39, 0.29) is 18.1 Å². The Balaban J connectivity index is 1.61. The number of carbonyl (C=O) groups is 1. The molecule has 2 fully saturated rings. The Kier molecular flexibility index (Phi) is 5.68. The second-order valence-corrected chi connectivity index (χ2v) is 6.80. The van der Waals surface area contributed by atoms with E-state index < -0.39 is 0 Å². The van der Waals surface area contributed by atoms with Gasteiger partial charge in [0.15, 0.2) is 0 Å². The molecule has 2 atom stereocenters. The van der Waals surface area contributed by atoms with Crippen LogP contribution in [0, 0.1) is 6.92 Å². The predicted octanol–water partition coefficient (Wildman–Crippen LogP) is 2.30. The Labute approximate surface area is 139 Å². The molecule has 2 aliphatic heterocycles. The fraction of sp³-hybridized carbons (Fsp3) is 0.632. The number of nitrogens with one attached hydrogen (secondary N) is 1. The molecule has 1 aromatic carbocycles. The van der Waals surface area contributed by atoms with E-state index in [1.807, 2.05) is 4.90 Å². The summed E-state index contributed by atoms with van der Waals surface area (Å²) in [5, 5.41) is 3.34. The molecular weight excluding hydrogens is 288 g/mol. The summed E-state index contributed by atoms with van der Waals surface area (Å²) in [4.78, 5) is 14.8. The smallest absolute Gasteiger partial charge is 0.239 e. The average molecular weight is 316 g/mol.